The average Bonchev–Trinajstić information content (AvgIpc) is 3.03. The van der Waals surface area contributed by atoms with Gasteiger partial charge in [-0.2, -0.15) is 0 Å². The van der Waals surface area contributed by atoms with Crippen molar-refractivity contribution in [3.05, 3.63) is 39.8 Å². The second-order valence-electron chi connectivity index (χ2n) is 8.40. The van der Waals surface area contributed by atoms with Crippen molar-refractivity contribution in [3.63, 3.8) is 0 Å². The van der Waals surface area contributed by atoms with Gasteiger partial charge in [0.2, 0.25) is 0 Å². The number of rotatable bonds is 5. The molecule has 0 aliphatic heterocycles. The van der Waals surface area contributed by atoms with Crippen LogP contribution in [0.25, 0.3) is 0 Å². The number of methoxy groups -OCH3 is 2. The number of nitrogens with one attached hydrogen (secondary N) is 1. The fourth-order valence-electron chi connectivity index (χ4n) is 3.83. The van der Waals surface area contributed by atoms with Gasteiger partial charge in [-0.05, 0) is 48.3 Å². The lowest BCUT2D eigenvalue weighted by molar-refractivity contribution is 0.1000. The first-order valence-corrected chi connectivity index (χ1v) is 10.4. The second-order valence-corrected chi connectivity index (χ2v) is 9.50. The topological polar surface area (TPSA) is 90.6 Å². The highest BCUT2D eigenvalue weighted by atomic mass is 32.1. The standard InChI is InChI=1S/C22H28N2O4S/c1-22(2,3)12-6-8-15-17(10-12)29-21(18(15)19(23)25)24-20(26)14-9-7-13(27-4)11-16(14)28-5/h7,9,11-12H,6,8,10H2,1-5H3,(H2,23,25)(H,24,26)/t12-/m0/s1. The van der Waals surface area contributed by atoms with Crippen molar-refractivity contribution in [3.8, 4) is 11.5 Å². The van der Waals surface area contributed by atoms with E-state index in [0.29, 0.717) is 33.5 Å². The normalized spacial score (nSPS) is 16.1. The van der Waals surface area contributed by atoms with Crippen molar-refractivity contribution >= 4 is 28.2 Å². The van der Waals surface area contributed by atoms with Crippen LogP contribution in [0, 0.1) is 11.3 Å². The fourth-order valence-corrected chi connectivity index (χ4v) is 5.16. The van der Waals surface area contributed by atoms with E-state index in [9.17, 15) is 9.59 Å². The number of hydrogen-bond acceptors (Lipinski definition) is 5. The number of fused-ring (bicyclic) bond motifs is 1. The van der Waals surface area contributed by atoms with Crippen molar-refractivity contribution in [2.45, 2.75) is 40.0 Å². The molecule has 29 heavy (non-hydrogen) atoms. The summed E-state index contributed by atoms with van der Waals surface area (Å²) in [6, 6.07) is 4.98. The minimum Gasteiger partial charge on any atom is -0.497 e. The molecule has 3 N–H and O–H groups in total. The Morgan fingerprint density at radius 2 is 1.93 bits per heavy atom. The SMILES string of the molecule is COc1ccc(C(=O)Nc2sc3c(c2C(N)=O)CC[C@H](C(C)(C)C)C3)c(OC)c1. The quantitative estimate of drug-likeness (QED) is 0.762. The molecule has 1 atom stereocenters. The number of hydrogen-bond donors (Lipinski definition) is 2. The Labute approximate surface area is 175 Å². The largest absolute Gasteiger partial charge is 0.497 e. The third-order valence-electron chi connectivity index (χ3n) is 5.62. The highest BCUT2D eigenvalue weighted by Gasteiger charge is 2.33. The van der Waals surface area contributed by atoms with Gasteiger partial charge >= 0.3 is 0 Å². The number of primary amides is 1. The first-order valence-electron chi connectivity index (χ1n) is 9.63. The van der Waals surface area contributed by atoms with E-state index in [0.717, 1.165) is 29.7 Å². The van der Waals surface area contributed by atoms with Crippen LogP contribution in [0.5, 0.6) is 11.5 Å². The highest BCUT2D eigenvalue weighted by molar-refractivity contribution is 7.17. The Morgan fingerprint density at radius 3 is 2.52 bits per heavy atom. The molecule has 0 saturated heterocycles. The smallest absolute Gasteiger partial charge is 0.260 e. The summed E-state index contributed by atoms with van der Waals surface area (Å²) in [4.78, 5) is 26.3. The maximum atomic E-state index is 12.9. The summed E-state index contributed by atoms with van der Waals surface area (Å²) in [5.41, 5.74) is 7.67. The van der Waals surface area contributed by atoms with Crippen LogP contribution >= 0.6 is 11.3 Å². The van der Waals surface area contributed by atoms with Crippen molar-refractivity contribution in [2.75, 3.05) is 19.5 Å². The minimum absolute atomic E-state index is 0.189. The third-order valence-corrected chi connectivity index (χ3v) is 6.79. The summed E-state index contributed by atoms with van der Waals surface area (Å²) in [5, 5.41) is 3.40. The molecule has 2 amide bonds. The van der Waals surface area contributed by atoms with E-state index >= 15 is 0 Å². The number of thiophene rings is 1. The number of carbonyl (C=O) groups excluding carboxylic acids is 2. The zero-order valence-electron chi connectivity index (χ0n) is 17.5. The van der Waals surface area contributed by atoms with Crippen molar-refractivity contribution < 1.29 is 19.1 Å². The van der Waals surface area contributed by atoms with Crippen LogP contribution in [-0.2, 0) is 12.8 Å². The molecule has 3 rings (SSSR count). The number of ether oxygens (including phenoxy) is 2. The van der Waals surface area contributed by atoms with E-state index in [1.807, 2.05) is 0 Å². The summed E-state index contributed by atoms with van der Waals surface area (Å²) in [5.74, 6) is 0.666. The van der Waals surface area contributed by atoms with Crippen LogP contribution in [0.1, 0.15) is 58.3 Å². The molecule has 6 nitrogen and oxygen atoms in total. The molecule has 0 fully saturated rings. The lowest BCUT2D eigenvalue weighted by atomic mass is 9.72. The minimum atomic E-state index is -0.506. The number of anilines is 1. The van der Waals surface area contributed by atoms with Gasteiger partial charge in [-0.1, -0.05) is 20.8 Å². The first-order chi connectivity index (χ1) is 13.7. The van der Waals surface area contributed by atoms with E-state index in [4.69, 9.17) is 15.2 Å². The molecule has 1 aromatic heterocycles. The van der Waals surface area contributed by atoms with Gasteiger partial charge in [-0.25, -0.2) is 0 Å². The molecule has 1 aromatic carbocycles. The Hall–Kier alpha value is -2.54. The number of benzene rings is 1. The predicted octanol–water partition coefficient (Wildman–Crippen LogP) is 4.27. The summed E-state index contributed by atoms with van der Waals surface area (Å²) in [6.07, 6.45) is 2.70. The molecule has 156 valence electrons. The van der Waals surface area contributed by atoms with Gasteiger partial charge in [0.1, 0.15) is 16.5 Å². The van der Waals surface area contributed by atoms with Crippen molar-refractivity contribution in [1.29, 1.82) is 0 Å². The Kier molecular flexibility index (Phi) is 5.89. The molecular formula is C22H28N2O4S. The maximum Gasteiger partial charge on any atom is 0.260 e. The molecule has 0 saturated carbocycles. The lowest BCUT2D eigenvalue weighted by Gasteiger charge is -2.33. The van der Waals surface area contributed by atoms with E-state index in [2.05, 4.69) is 26.1 Å². The molecule has 7 heteroatoms. The summed E-state index contributed by atoms with van der Waals surface area (Å²) >= 11 is 1.46. The van der Waals surface area contributed by atoms with E-state index < -0.39 is 5.91 Å². The summed E-state index contributed by atoms with van der Waals surface area (Å²) < 4.78 is 10.5. The molecule has 0 unspecified atom stereocenters. The van der Waals surface area contributed by atoms with Gasteiger partial charge in [0.25, 0.3) is 11.8 Å². The van der Waals surface area contributed by atoms with E-state index in [1.54, 1.807) is 25.3 Å². The van der Waals surface area contributed by atoms with Crippen molar-refractivity contribution in [1.82, 2.24) is 0 Å². The summed E-state index contributed by atoms with van der Waals surface area (Å²) in [7, 11) is 3.05. The monoisotopic (exact) mass is 416 g/mol. The fraction of sp³-hybridized carbons (Fsp3) is 0.455. The maximum absolute atomic E-state index is 12.9. The van der Waals surface area contributed by atoms with Gasteiger partial charge in [0.05, 0.1) is 25.3 Å². The first kappa shape index (κ1) is 21.2. The van der Waals surface area contributed by atoms with Crippen LogP contribution in [0.15, 0.2) is 18.2 Å². The Morgan fingerprint density at radius 1 is 1.21 bits per heavy atom. The number of nitrogens with two attached hydrogens (primary N) is 1. The van der Waals surface area contributed by atoms with Gasteiger partial charge in [0.15, 0.2) is 0 Å². The molecule has 1 aliphatic carbocycles. The predicted molar refractivity (Wildman–Crippen MR) is 115 cm³/mol. The molecule has 0 radical (unpaired) electrons. The van der Waals surface area contributed by atoms with Crippen molar-refractivity contribution in [2.24, 2.45) is 17.1 Å². The van der Waals surface area contributed by atoms with Crippen LogP contribution in [0.3, 0.4) is 0 Å². The van der Waals surface area contributed by atoms with E-state index in [-0.39, 0.29) is 11.3 Å². The second kappa shape index (κ2) is 8.06. The molecule has 0 spiro atoms. The van der Waals surface area contributed by atoms with E-state index in [1.165, 1.54) is 18.4 Å². The Balaban J connectivity index is 1.93. The Bertz CT molecular complexity index is 943. The molecule has 0 bridgehead atoms. The van der Waals surface area contributed by atoms with Gasteiger partial charge in [-0.3, -0.25) is 9.59 Å². The zero-order valence-corrected chi connectivity index (χ0v) is 18.4. The van der Waals surface area contributed by atoms with Gasteiger partial charge < -0.3 is 20.5 Å². The highest BCUT2D eigenvalue weighted by Crippen LogP contribution is 2.44. The van der Waals surface area contributed by atoms with Gasteiger partial charge in [-0.15, -0.1) is 11.3 Å². The number of carbonyl (C=O) groups is 2. The molecule has 1 aliphatic rings. The third kappa shape index (κ3) is 4.24. The van der Waals surface area contributed by atoms with Crippen LogP contribution < -0.4 is 20.5 Å². The summed E-state index contributed by atoms with van der Waals surface area (Å²) in [6.45, 7) is 6.72. The zero-order chi connectivity index (χ0) is 21.3. The van der Waals surface area contributed by atoms with Crippen LogP contribution in [-0.4, -0.2) is 26.0 Å². The molecule has 2 aromatic rings. The molecule has 1 heterocycles. The lowest BCUT2D eigenvalue weighted by Crippen LogP contribution is -2.27. The molecular weight excluding hydrogens is 388 g/mol. The number of amides is 2. The van der Waals surface area contributed by atoms with Crippen LogP contribution in [0.4, 0.5) is 5.00 Å². The average molecular weight is 417 g/mol. The van der Waals surface area contributed by atoms with Gasteiger partial charge in [0, 0.05) is 10.9 Å². The van der Waals surface area contributed by atoms with Crippen LogP contribution in [0.2, 0.25) is 0 Å².